The lowest BCUT2D eigenvalue weighted by Crippen LogP contribution is -2.30. The molecule has 7 nitrogen and oxygen atoms in total. The quantitative estimate of drug-likeness (QED) is 0.603. The molecule has 0 aromatic heterocycles. The van der Waals surface area contributed by atoms with Crippen LogP contribution < -0.4 is 16.4 Å². The Morgan fingerprint density at radius 1 is 1.19 bits per heavy atom. The molecule has 0 spiro atoms. The first-order chi connectivity index (χ1) is 12.8. The summed E-state index contributed by atoms with van der Waals surface area (Å²) < 4.78 is 19.4. The Kier molecular flexibility index (Phi) is 6.89. The number of amides is 3. The van der Waals surface area contributed by atoms with E-state index in [2.05, 4.69) is 26.6 Å². The molecule has 0 saturated carbocycles. The van der Waals surface area contributed by atoms with Crippen molar-refractivity contribution in [3.63, 3.8) is 0 Å². The number of primary amides is 1. The smallest absolute Gasteiger partial charge is 0.338 e. The third-order valence-electron chi connectivity index (χ3n) is 3.50. The normalized spacial score (nSPS) is 11.4. The van der Waals surface area contributed by atoms with E-state index in [0.717, 1.165) is 5.56 Å². The van der Waals surface area contributed by atoms with Crippen LogP contribution in [0, 0.1) is 5.82 Å². The summed E-state index contributed by atoms with van der Waals surface area (Å²) in [5, 5.41) is 4.79. The van der Waals surface area contributed by atoms with Gasteiger partial charge in [0.15, 0.2) is 6.10 Å². The maximum Gasteiger partial charge on any atom is 0.338 e. The van der Waals surface area contributed by atoms with E-state index in [4.69, 9.17) is 10.5 Å². The van der Waals surface area contributed by atoms with Crippen LogP contribution in [0.15, 0.2) is 46.9 Å². The summed E-state index contributed by atoms with van der Waals surface area (Å²) in [5.74, 6) is -1.98. The molecule has 0 heterocycles. The molecule has 9 heteroatoms. The van der Waals surface area contributed by atoms with Gasteiger partial charge in [-0.2, -0.15) is 0 Å². The molecule has 142 valence electrons. The predicted molar refractivity (Wildman–Crippen MR) is 100 cm³/mol. The van der Waals surface area contributed by atoms with Gasteiger partial charge in [-0.15, -0.1) is 0 Å². The van der Waals surface area contributed by atoms with E-state index in [1.165, 1.54) is 31.2 Å². The molecule has 2 aromatic carbocycles. The van der Waals surface area contributed by atoms with Gasteiger partial charge >= 0.3 is 12.0 Å². The van der Waals surface area contributed by atoms with Gasteiger partial charge < -0.3 is 21.1 Å². The number of hydrogen-bond acceptors (Lipinski definition) is 4. The highest BCUT2D eigenvalue weighted by Crippen LogP contribution is 2.19. The Labute approximate surface area is 163 Å². The van der Waals surface area contributed by atoms with E-state index in [0.29, 0.717) is 4.47 Å². The van der Waals surface area contributed by atoms with Crippen LogP contribution in [0.3, 0.4) is 0 Å². The molecule has 0 saturated heterocycles. The van der Waals surface area contributed by atoms with Crippen LogP contribution in [0.4, 0.5) is 14.9 Å². The monoisotopic (exact) mass is 437 g/mol. The minimum absolute atomic E-state index is 0.0163. The maximum absolute atomic E-state index is 13.8. The van der Waals surface area contributed by atoms with Crippen LogP contribution in [0.2, 0.25) is 0 Å². The molecule has 0 radical (unpaired) electrons. The summed E-state index contributed by atoms with van der Waals surface area (Å²) in [5.41, 5.74) is 5.94. The number of nitrogens with two attached hydrogens (primary N) is 1. The fourth-order valence-electron chi connectivity index (χ4n) is 2.06. The van der Waals surface area contributed by atoms with Crippen LogP contribution >= 0.6 is 15.9 Å². The van der Waals surface area contributed by atoms with Crippen molar-refractivity contribution in [2.75, 3.05) is 5.32 Å². The first kappa shape index (κ1) is 20.4. The highest BCUT2D eigenvalue weighted by atomic mass is 79.9. The zero-order valence-electron chi connectivity index (χ0n) is 14.3. The number of nitrogens with one attached hydrogen (secondary N) is 2. The average Bonchev–Trinajstić information content (AvgIpc) is 2.62. The second-order valence-electron chi connectivity index (χ2n) is 5.58. The van der Waals surface area contributed by atoms with E-state index in [1.54, 1.807) is 18.2 Å². The van der Waals surface area contributed by atoms with Gasteiger partial charge in [-0.05, 0) is 42.8 Å². The number of halogens is 2. The molecule has 1 atom stereocenters. The van der Waals surface area contributed by atoms with Crippen LogP contribution in [-0.2, 0) is 16.1 Å². The van der Waals surface area contributed by atoms with Gasteiger partial charge in [0, 0.05) is 11.0 Å². The van der Waals surface area contributed by atoms with E-state index in [1.807, 2.05) is 0 Å². The van der Waals surface area contributed by atoms with Gasteiger partial charge in [0.1, 0.15) is 5.82 Å². The number of urea groups is 1. The minimum Gasteiger partial charge on any atom is -0.449 e. The van der Waals surface area contributed by atoms with Crippen molar-refractivity contribution in [1.29, 1.82) is 0 Å². The van der Waals surface area contributed by atoms with Gasteiger partial charge in [0.25, 0.3) is 5.91 Å². The number of carbonyl (C=O) groups is 3. The van der Waals surface area contributed by atoms with Crippen molar-refractivity contribution < 1.29 is 23.5 Å². The third kappa shape index (κ3) is 6.07. The van der Waals surface area contributed by atoms with Gasteiger partial charge in [0.2, 0.25) is 0 Å². The molecule has 0 aliphatic carbocycles. The van der Waals surface area contributed by atoms with Crippen LogP contribution in [0.1, 0.15) is 22.8 Å². The molecular weight excluding hydrogens is 421 g/mol. The van der Waals surface area contributed by atoms with Crippen LogP contribution in [-0.4, -0.2) is 24.0 Å². The van der Waals surface area contributed by atoms with Crippen molar-refractivity contribution >= 4 is 39.5 Å². The first-order valence-corrected chi connectivity index (χ1v) is 8.64. The van der Waals surface area contributed by atoms with Crippen molar-refractivity contribution in [1.82, 2.24) is 5.32 Å². The lowest BCUT2D eigenvalue weighted by molar-refractivity contribution is -0.123. The van der Waals surface area contributed by atoms with Gasteiger partial charge in [-0.25, -0.2) is 14.0 Å². The van der Waals surface area contributed by atoms with Crippen LogP contribution in [0.5, 0.6) is 0 Å². The molecule has 27 heavy (non-hydrogen) atoms. The zero-order chi connectivity index (χ0) is 20.0. The number of benzene rings is 2. The second kappa shape index (κ2) is 9.13. The molecule has 1 unspecified atom stereocenters. The van der Waals surface area contributed by atoms with E-state index < -0.39 is 29.8 Å². The molecule has 0 aliphatic heterocycles. The first-order valence-electron chi connectivity index (χ1n) is 7.85. The van der Waals surface area contributed by atoms with Crippen molar-refractivity contribution in [2.24, 2.45) is 5.73 Å². The van der Waals surface area contributed by atoms with Crippen LogP contribution in [0.25, 0.3) is 0 Å². The Hall–Kier alpha value is -2.94. The molecule has 4 N–H and O–H groups in total. The van der Waals surface area contributed by atoms with Crippen molar-refractivity contribution in [3.8, 4) is 0 Å². The highest BCUT2D eigenvalue weighted by Gasteiger charge is 2.20. The van der Waals surface area contributed by atoms with E-state index in [-0.39, 0.29) is 17.8 Å². The molecule has 2 aromatic rings. The summed E-state index contributed by atoms with van der Waals surface area (Å²) >= 11 is 3.12. The number of hydrogen-bond donors (Lipinski definition) is 3. The van der Waals surface area contributed by atoms with Gasteiger partial charge in [-0.3, -0.25) is 4.79 Å². The second-order valence-corrected chi connectivity index (χ2v) is 6.49. The Morgan fingerprint density at radius 3 is 2.44 bits per heavy atom. The Balaban J connectivity index is 1.93. The van der Waals surface area contributed by atoms with Gasteiger partial charge in [0.05, 0.1) is 11.3 Å². The summed E-state index contributed by atoms with van der Waals surface area (Å²) in [4.78, 5) is 34.9. The topological polar surface area (TPSA) is 111 Å². The Bertz CT molecular complexity index is 858. The summed E-state index contributed by atoms with van der Waals surface area (Å²) in [6, 6.07) is 9.76. The van der Waals surface area contributed by atoms with Gasteiger partial charge in [-0.1, -0.05) is 28.1 Å². The number of ether oxygens (including phenoxy) is 1. The zero-order valence-corrected chi connectivity index (χ0v) is 15.9. The molecule has 3 amide bonds. The number of carbonyl (C=O) groups excluding carboxylic acids is 3. The maximum atomic E-state index is 13.8. The molecule has 0 aliphatic rings. The molecule has 2 rings (SSSR count). The minimum atomic E-state index is -1.13. The number of rotatable bonds is 6. The molecule has 0 bridgehead atoms. The summed E-state index contributed by atoms with van der Waals surface area (Å²) in [6.45, 7) is 1.61. The Morgan fingerprint density at radius 2 is 1.85 bits per heavy atom. The van der Waals surface area contributed by atoms with Crippen molar-refractivity contribution in [3.05, 3.63) is 63.9 Å². The number of esters is 1. The summed E-state index contributed by atoms with van der Waals surface area (Å²) in [7, 11) is 0. The fourth-order valence-corrected chi connectivity index (χ4v) is 2.39. The number of anilines is 1. The highest BCUT2D eigenvalue weighted by molar-refractivity contribution is 9.10. The lowest BCUT2D eigenvalue weighted by atomic mass is 10.1. The standard InChI is InChI=1S/C18H17BrFN3O4/c1-10(16(24)23-15-7-6-13(19)8-14(15)20)27-17(25)12-4-2-11(3-5-12)9-22-18(21)26/h2-8,10H,9H2,1H3,(H,23,24)(H3,21,22,26). The SMILES string of the molecule is CC(OC(=O)c1ccc(CNC(N)=O)cc1)C(=O)Nc1ccc(Br)cc1F. The summed E-state index contributed by atoms with van der Waals surface area (Å²) in [6.07, 6.45) is -1.13. The van der Waals surface area contributed by atoms with Crippen molar-refractivity contribution in [2.45, 2.75) is 19.6 Å². The van der Waals surface area contributed by atoms with E-state index in [9.17, 15) is 18.8 Å². The third-order valence-corrected chi connectivity index (χ3v) is 3.99. The lowest BCUT2D eigenvalue weighted by Gasteiger charge is -2.14. The molecular formula is C18H17BrFN3O4. The fraction of sp³-hybridized carbons (Fsp3) is 0.167. The largest absolute Gasteiger partial charge is 0.449 e. The average molecular weight is 438 g/mol. The van der Waals surface area contributed by atoms with E-state index >= 15 is 0 Å². The predicted octanol–water partition coefficient (Wildman–Crippen LogP) is 2.94. The molecule has 0 fully saturated rings.